The van der Waals surface area contributed by atoms with Gasteiger partial charge in [-0.1, -0.05) is 12.8 Å². The lowest BCUT2D eigenvalue weighted by Gasteiger charge is -2.27. The molecular formula is C22H30N8O3. The largest absolute Gasteiger partial charge is 0.466 e. The molecule has 3 aromatic rings. The van der Waals surface area contributed by atoms with Crippen molar-refractivity contribution < 1.29 is 14.3 Å². The Kier molecular flexibility index (Phi) is 7.61. The van der Waals surface area contributed by atoms with Gasteiger partial charge in [-0.3, -0.25) is 4.79 Å². The van der Waals surface area contributed by atoms with E-state index in [-0.39, 0.29) is 11.9 Å². The van der Waals surface area contributed by atoms with E-state index in [2.05, 4.69) is 24.4 Å². The molecule has 1 fully saturated rings. The number of esters is 1. The van der Waals surface area contributed by atoms with Crippen LogP contribution in [0.1, 0.15) is 39.0 Å². The third kappa shape index (κ3) is 5.72. The number of anilines is 2. The van der Waals surface area contributed by atoms with Gasteiger partial charge >= 0.3 is 5.97 Å². The number of hydrogen-bond donors (Lipinski definition) is 1. The summed E-state index contributed by atoms with van der Waals surface area (Å²) in [5.41, 5.74) is 8.60. The molecule has 1 aliphatic heterocycles. The Morgan fingerprint density at radius 1 is 1.09 bits per heavy atom. The molecule has 2 N–H and O–H groups in total. The van der Waals surface area contributed by atoms with Crippen LogP contribution < -0.4 is 10.6 Å². The fourth-order valence-electron chi connectivity index (χ4n) is 3.80. The third-order valence-electron chi connectivity index (χ3n) is 5.53. The van der Waals surface area contributed by atoms with Crippen molar-refractivity contribution in [3.63, 3.8) is 0 Å². The summed E-state index contributed by atoms with van der Waals surface area (Å²) >= 11 is 0. The molecule has 176 valence electrons. The predicted octanol–water partition coefficient (Wildman–Crippen LogP) is 2.22. The second-order valence-corrected chi connectivity index (χ2v) is 7.88. The molecule has 3 aromatic heterocycles. The van der Waals surface area contributed by atoms with Crippen LogP contribution >= 0.6 is 0 Å². The van der Waals surface area contributed by atoms with Gasteiger partial charge in [-0.15, -0.1) is 0 Å². The van der Waals surface area contributed by atoms with Gasteiger partial charge in [0.25, 0.3) is 0 Å². The molecule has 1 saturated heterocycles. The van der Waals surface area contributed by atoms with Crippen LogP contribution in [0, 0.1) is 0 Å². The molecule has 1 aliphatic rings. The summed E-state index contributed by atoms with van der Waals surface area (Å²) in [7, 11) is 0. The fourth-order valence-corrected chi connectivity index (χ4v) is 3.80. The number of morpholine rings is 1. The first kappa shape index (κ1) is 22.8. The minimum Gasteiger partial charge on any atom is -0.466 e. The fraction of sp³-hybridized carbons (Fsp3) is 0.545. The Hall–Kier alpha value is -3.34. The molecule has 0 atom stereocenters. The summed E-state index contributed by atoms with van der Waals surface area (Å²) in [6.45, 7) is 5.81. The number of hydrogen-bond acceptors (Lipinski definition) is 10. The summed E-state index contributed by atoms with van der Waals surface area (Å²) in [5.74, 6) is 0.740. The quantitative estimate of drug-likeness (QED) is 0.359. The number of aromatic nitrogens is 6. The average molecular weight is 455 g/mol. The molecule has 11 nitrogen and oxygen atoms in total. The lowest BCUT2D eigenvalue weighted by molar-refractivity contribution is -0.143. The zero-order valence-corrected chi connectivity index (χ0v) is 18.9. The number of carbonyl (C=O) groups excluding carboxylic acids is 1. The summed E-state index contributed by atoms with van der Waals surface area (Å²) < 4.78 is 12.5. The number of nitrogens with two attached hydrogens (primary N) is 1. The van der Waals surface area contributed by atoms with E-state index in [4.69, 9.17) is 25.2 Å². The highest BCUT2D eigenvalue weighted by atomic mass is 16.5. The van der Waals surface area contributed by atoms with Gasteiger partial charge in [0.05, 0.1) is 26.1 Å². The monoisotopic (exact) mass is 454 g/mol. The van der Waals surface area contributed by atoms with E-state index in [9.17, 15) is 4.79 Å². The highest BCUT2D eigenvalue weighted by Gasteiger charge is 2.20. The maximum atomic E-state index is 11.5. The molecular weight excluding hydrogens is 424 g/mol. The number of nitrogen functional groups attached to an aromatic ring is 1. The first-order chi connectivity index (χ1) is 16.2. The standard InChI is InChI=1S/C22H30N8O3/c1-2-33-17(31)7-5-3-4-6-8-30-15-26-19-18(16-13-24-21(23)25-14-16)27-22(28-20(19)30)29-9-11-32-12-10-29/h13-15H,2-12H2,1H3,(H2,23,24,25). The third-order valence-corrected chi connectivity index (χ3v) is 5.53. The van der Waals surface area contributed by atoms with Crippen LogP contribution in [-0.4, -0.2) is 68.4 Å². The molecule has 33 heavy (non-hydrogen) atoms. The molecule has 0 aromatic carbocycles. The van der Waals surface area contributed by atoms with E-state index in [0.29, 0.717) is 43.4 Å². The summed E-state index contributed by atoms with van der Waals surface area (Å²) in [6.07, 6.45) is 9.41. The molecule has 0 saturated carbocycles. The first-order valence-electron chi connectivity index (χ1n) is 11.4. The zero-order chi connectivity index (χ0) is 23.0. The Balaban J connectivity index is 1.51. The number of nitrogens with zero attached hydrogens (tertiary/aromatic N) is 7. The van der Waals surface area contributed by atoms with Crippen LogP contribution in [0.15, 0.2) is 18.7 Å². The van der Waals surface area contributed by atoms with Crippen molar-refractivity contribution in [3.05, 3.63) is 18.7 Å². The van der Waals surface area contributed by atoms with E-state index in [0.717, 1.165) is 56.5 Å². The summed E-state index contributed by atoms with van der Waals surface area (Å²) in [5, 5.41) is 0. The number of unbranched alkanes of at least 4 members (excludes halogenated alkanes) is 3. The van der Waals surface area contributed by atoms with Gasteiger partial charge in [0.15, 0.2) is 5.65 Å². The second-order valence-electron chi connectivity index (χ2n) is 7.88. The molecule has 4 rings (SSSR count). The van der Waals surface area contributed by atoms with Crippen molar-refractivity contribution in [2.75, 3.05) is 43.5 Å². The SMILES string of the molecule is CCOC(=O)CCCCCCn1cnc2c(-c3cnc(N)nc3)nc(N3CCOCC3)nc21. The number of aryl methyl sites for hydroxylation is 1. The van der Waals surface area contributed by atoms with Crippen LogP contribution in [0.5, 0.6) is 0 Å². The van der Waals surface area contributed by atoms with Gasteiger partial charge in [0.1, 0.15) is 11.2 Å². The van der Waals surface area contributed by atoms with Crippen LogP contribution in [-0.2, 0) is 20.8 Å². The molecule has 0 spiro atoms. The van der Waals surface area contributed by atoms with Crippen LogP contribution in [0.25, 0.3) is 22.4 Å². The minimum atomic E-state index is -0.121. The number of imidazole rings is 1. The van der Waals surface area contributed by atoms with Crippen LogP contribution in [0.4, 0.5) is 11.9 Å². The van der Waals surface area contributed by atoms with Crippen molar-refractivity contribution in [1.29, 1.82) is 0 Å². The lowest BCUT2D eigenvalue weighted by atomic mass is 10.1. The second kappa shape index (κ2) is 11.0. The maximum Gasteiger partial charge on any atom is 0.305 e. The highest BCUT2D eigenvalue weighted by Crippen LogP contribution is 2.27. The van der Waals surface area contributed by atoms with E-state index in [1.54, 1.807) is 12.4 Å². The van der Waals surface area contributed by atoms with Crippen molar-refractivity contribution in [3.8, 4) is 11.3 Å². The van der Waals surface area contributed by atoms with Crippen molar-refractivity contribution in [2.45, 2.75) is 45.6 Å². The van der Waals surface area contributed by atoms with Gasteiger partial charge in [-0.25, -0.2) is 19.9 Å². The molecule has 4 heterocycles. The van der Waals surface area contributed by atoms with Gasteiger partial charge in [0.2, 0.25) is 11.9 Å². The van der Waals surface area contributed by atoms with Gasteiger partial charge in [0, 0.05) is 44.0 Å². The van der Waals surface area contributed by atoms with Crippen molar-refractivity contribution in [2.24, 2.45) is 0 Å². The average Bonchev–Trinajstić information content (AvgIpc) is 3.25. The first-order valence-corrected chi connectivity index (χ1v) is 11.4. The Morgan fingerprint density at radius 2 is 1.85 bits per heavy atom. The molecule has 11 heteroatoms. The van der Waals surface area contributed by atoms with Crippen molar-refractivity contribution in [1.82, 2.24) is 29.5 Å². The molecule has 0 amide bonds. The summed E-state index contributed by atoms with van der Waals surface area (Å²) in [4.78, 5) is 36.1. The topological polar surface area (TPSA) is 134 Å². The zero-order valence-electron chi connectivity index (χ0n) is 18.9. The highest BCUT2D eigenvalue weighted by molar-refractivity contribution is 5.88. The number of carbonyl (C=O) groups is 1. The molecule has 0 unspecified atom stereocenters. The predicted molar refractivity (Wildman–Crippen MR) is 124 cm³/mol. The van der Waals surface area contributed by atoms with E-state index in [1.165, 1.54) is 0 Å². The van der Waals surface area contributed by atoms with E-state index < -0.39 is 0 Å². The van der Waals surface area contributed by atoms with Gasteiger partial charge < -0.3 is 24.7 Å². The molecule has 0 bridgehead atoms. The summed E-state index contributed by atoms with van der Waals surface area (Å²) in [6, 6.07) is 0. The van der Waals surface area contributed by atoms with Gasteiger partial charge in [-0.2, -0.15) is 4.98 Å². The van der Waals surface area contributed by atoms with E-state index >= 15 is 0 Å². The Bertz CT molecular complexity index is 1060. The molecule has 0 aliphatic carbocycles. The minimum absolute atomic E-state index is 0.121. The van der Waals surface area contributed by atoms with Crippen LogP contribution in [0.3, 0.4) is 0 Å². The maximum absolute atomic E-state index is 11.5. The lowest BCUT2D eigenvalue weighted by Crippen LogP contribution is -2.37. The smallest absolute Gasteiger partial charge is 0.305 e. The van der Waals surface area contributed by atoms with E-state index in [1.807, 2.05) is 13.3 Å². The Morgan fingerprint density at radius 3 is 2.61 bits per heavy atom. The Labute approximate surface area is 192 Å². The number of ether oxygens (including phenoxy) is 2. The van der Waals surface area contributed by atoms with Crippen LogP contribution in [0.2, 0.25) is 0 Å². The normalized spacial score (nSPS) is 14.0. The number of fused-ring (bicyclic) bond motifs is 1. The number of rotatable bonds is 10. The van der Waals surface area contributed by atoms with Gasteiger partial charge in [-0.05, 0) is 19.8 Å². The molecule has 0 radical (unpaired) electrons. The van der Waals surface area contributed by atoms with Crippen molar-refractivity contribution >= 4 is 29.0 Å².